The summed E-state index contributed by atoms with van der Waals surface area (Å²) in [5.74, 6) is 0.0951. The molecular weight excluding hydrogens is 216 g/mol. The molecule has 0 aliphatic carbocycles. The Bertz CT molecular complexity index is 418. The minimum Gasteiger partial charge on any atom is -0.373 e. The first-order valence-corrected chi connectivity index (χ1v) is 5.95. The molecular formula is C13H18N2O2. The van der Waals surface area contributed by atoms with Crippen molar-refractivity contribution < 1.29 is 9.53 Å². The molecule has 1 unspecified atom stereocenters. The monoisotopic (exact) mass is 234 g/mol. The molecule has 0 bridgehead atoms. The number of hydrogen-bond donors (Lipinski definition) is 2. The van der Waals surface area contributed by atoms with Crippen LogP contribution in [0.3, 0.4) is 0 Å². The molecule has 0 saturated heterocycles. The van der Waals surface area contributed by atoms with Gasteiger partial charge in [-0.25, -0.2) is 0 Å². The van der Waals surface area contributed by atoms with Crippen molar-refractivity contribution in [2.45, 2.75) is 25.9 Å². The molecule has 0 spiro atoms. The predicted octanol–water partition coefficient (Wildman–Crippen LogP) is 1.61. The molecule has 1 aliphatic rings. The fraction of sp³-hybridized carbons (Fsp3) is 0.462. The minimum absolute atomic E-state index is 0.0430. The molecule has 1 aliphatic heterocycles. The van der Waals surface area contributed by atoms with Crippen molar-refractivity contribution in [1.29, 1.82) is 0 Å². The van der Waals surface area contributed by atoms with Gasteiger partial charge in [0.2, 0.25) is 5.91 Å². The molecule has 1 aromatic carbocycles. The van der Waals surface area contributed by atoms with Crippen LogP contribution in [0.15, 0.2) is 18.2 Å². The smallest absolute Gasteiger partial charge is 0.224 e. The van der Waals surface area contributed by atoms with Crippen LogP contribution >= 0.6 is 0 Å². The maximum Gasteiger partial charge on any atom is 0.224 e. The topological polar surface area (TPSA) is 64.3 Å². The number of carbonyl (C=O) groups excluding carboxylic acids is 1. The highest BCUT2D eigenvalue weighted by Gasteiger charge is 2.16. The van der Waals surface area contributed by atoms with Gasteiger partial charge in [0, 0.05) is 18.7 Å². The first-order valence-electron chi connectivity index (χ1n) is 5.95. The minimum atomic E-state index is 0.0430. The average Bonchev–Trinajstić information content (AvgIpc) is 2.35. The summed E-state index contributed by atoms with van der Waals surface area (Å²) >= 11 is 0. The first kappa shape index (κ1) is 12.1. The summed E-state index contributed by atoms with van der Waals surface area (Å²) in [7, 11) is 0. The van der Waals surface area contributed by atoms with E-state index in [0.717, 1.165) is 17.7 Å². The van der Waals surface area contributed by atoms with Gasteiger partial charge >= 0.3 is 0 Å². The summed E-state index contributed by atoms with van der Waals surface area (Å²) in [6.07, 6.45) is 1.41. The summed E-state index contributed by atoms with van der Waals surface area (Å²) in [5, 5.41) is 2.87. The fourth-order valence-electron chi connectivity index (χ4n) is 2.00. The molecule has 0 radical (unpaired) electrons. The molecule has 17 heavy (non-hydrogen) atoms. The van der Waals surface area contributed by atoms with Gasteiger partial charge in [0.25, 0.3) is 0 Å². The van der Waals surface area contributed by atoms with Crippen LogP contribution in [0.1, 0.15) is 30.6 Å². The number of ether oxygens (including phenoxy) is 1. The fourth-order valence-corrected chi connectivity index (χ4v) is 2.00. The van der Waals surface area contributed by atoms with E-state index in [4.69, 9.17) is 10.5 Å². The van der Waals surface area contributed by atoms with Gasteiger partial charge in [-0.1, -0.05) is 12.1 Å². The average molecular weight is 234 g/mol. The van der Waals surface area contributed by atoms with Gasteiger partial charge in [-0.2, -0.15) is 0 Å². The number of rotatable bonds is 4. The van der Waals surface area contributed by atoms with Crippen LogP contribution < -0.4 is 11.1 Å². The van der Waals surface area contributed by atoms with Gasteiger partial charge in [-0.3, -0.25) is 4.79 Å². The zero-order chi connectivity index (χ0) is 12.3. The second-order valence-electron chi connectivity index (χ2n) is 4.27. The standard InChI is InChI=1S/C13H18N2O2/c1-9(17-7-6-14)10-2-4-12-11(8-10)3-5-13(16)15-12/h2,4,8-9H,3,5-7,14H2,1H3,(H,15,16). The van der Waals surface area contributed by atoms with Crippen molar-refractivity contribution in [2.75, 3.05) is 18.5 Å². The van der Waals surface area contributed by atoms with E-state index in [0.29, 0.717) is 19.6 Å². The van der Waals surface area contributed by atoms with Gasteiger partial charge in [-0.15, -0.1) is 0 Å². The molecule has 0 fully saturated rings. The summed E-state index contributed by atoms with van der Waals surface area (Å²) in [4.78, 5) is 11.2. The number of benzene rings is 1. The van der Waals surface area contributed by atoms with E-state index in [1.807, 2.05) is 19.1 Å². The van der Waals surface area contributed by atoms with E-state index >= 15 is 0 Å². The Balaban J connectivity index is 2.13. The lowest BCUT2D eigenvalue weighted by atomic mass is 9.98. The second-order valence-corrected chi connectivity index (χ2v) is 4.27. The van der Waals surface area contributed by atoms with Crippen molar-refractivity contribution in [3.8, 4) is 0 Å². The summed E-state index contributed by atoms with van der Waals surface area (Å²) in [5.41, 5.74) is 8.65. The van der Waals surface area contributed by atoms with Gasteiger partial charge < -0.3 is 15.8 Å². The second kappa shape index (κ2) is 5.29. The van der Waals surface area contributed by atoms with Crippen LogP contribution in [0.4, 0.5) is 5.69 Å². The number of anilines is 1. The molecule has 1 amide bonds. The van der Waals surface area contributed by atoms with Crippen LogP contribution in [0, 0.1) is 0 Å². The Morgan fingerprint density at radius 2 is 2.29 bits per heavy atom. The maximum absolute atomic E-state index is 11.2. The molecule has 0 aromatic heterocycles. The molecule has 92 valence electrons. The van der Waals surface area contributed by atoms with E-state index in [2.05, 4.69) is 11.4 Å². The molecule has 3 N–H and O–H groups in total. The predicted molar refractivity (Wildman–Crippen MR) is 66.8 cm³/mol. The molecule has 2 rings (SSSR count). The molecule has 1 heterocycles. The molecule has 4 nitrogen and oxygen atoms in total. The normalized spacial score (nSPS) is 16.2. The Morgan fingerprint density at radius 1 is 1.47 bits per heavy atom. The zero-order valence-electron chi connectivity index (χ0n) is 10.0. The van der Waals surface area contributed by atoms with Gasteiger partial charge in [0.05, 0.1) is 12.7 Å². The number of hydrogen-bond acceptors (Lipinski definition) is 3. The van der Waals surface area contributed by atoms with Crippen LogP contribution in [-0.2, 0) is 16.0 Å². The van der Waals surface area contributed by atoms with Crippen molar-refractivity contribution in [1.82, 2.24) is 0 Å². The SMILES string of the molecule is CC(OCCN)c1ccc2c(c1)CCC(=O)N2. The lowest BCUT2D eigenvalue weighted by molar-refractivity contribution is -0.116. The number of carbonyl (C=O) groups is 1. The third kappa shape index (κ3) is 2.84. The summed E-state index contributed by atoms with van der Waals surface area (Å²) in [6, 6.07) is 6.05. The lowest BCUT2D eigenvalue weighted by Crippen LogP contribution is -2.19. The molecule has 1 aromatic rings. The van der Waals surface area contributed by atoms with Crippen LogP contribution in [-0.4, -0.2) is 19.1 Å². The van der Waals surface area contributed by atoms with Gasteiger partial charge in [-0.05, 0) is 30.5 Å². The summed E-state index contributed by atoms with van der Waals surface area (Å²) < 4.78 is 5.58. The first-order chi connectivity index (χ1) is 8.20. The quantitative estimate of drug-likeness (QED) is 0.831. The van der Waals surface area contributed by atoms with Crippen molar-refractivity contribution in [3.63, 3.8) is 0 Å². The van der Waals surface area contributed by atoms with E-state index in [1.165, 1.54) is 5.56 Å². The van der Waals surface area contributed by atoms with Crippen molar-refractivity contribution in [2.24, 2.45) is 5.73 Å². The highest BCUT2D eigenvalue weighted by Crippen LogP contribution is 2.27. The van der Waals surface area contributed by atoms with Crippen molar-refractivity contribution in [3.05, 3.63) is 29.3 Å². The molecule has 4 heteroatoms. The maximum atomic E-state index is 11.2. The Kier molecular flexibility index (Phi) is 3.76. The van der Waals surface area contributed by atoms with E-state index < -0.39 is 0 Å². The Hall–Kier alpha value is -1.39. The number of nitrogens with one attached hydrogen (secondary N) is 1. The molecule has 1 atom stereocenters. The Labute approximate surface area is 101 Å². The Morgan fingerprint density at radius 3 is 3.06 bits per heavy atom. The number of amides is 1. The van der Waals surface area contributed by atoms with Gasteiger partial charge in [0.15, 0.2) is 0 Å². The van der Waals surface area contributed by atoms with Crippen LogP contribution in [0.25, 0.3) is 0 Å². The van der Waals surface area contributed by atoms with E-state index in [1.54, 1.807) is 0 Å². The van der Waals surface area contributed by atoms with Crippen molar-refractivity contribution >= 4 is 11.6 Å². The van der Waals surface area contributed by atoms with Crippen LogP contribution in [0.5, 0.6) is 0 Å². The van der Waals surface area contributed by atoms with Crippen LogP contribution in [0.2, 0.25) is 0 Å². The highest BCUT2D eigenvalue weighted by atomic mass is 16.5. The summed E-state index contributed by atoms with van der Waals surface area (Å²) in [6.45, 7) is 3.11. The third-order valence-electron chi connectivity index (χ3n) is 2.98. The number of fused-ring (bicyclic) bond motifs is 1. The number of aryl methyl sites for hydroxylation is 1. The van der Waals surface area contributed by atoms with Gasteiger partial charge in [0.1, 0.15) is 0 Å². The lowest BCUT2D eigenvalue weighted by Gasteiger charge is -2.20. The molecule has 0 saturated carbocycles. The largest absolute Gasteiger partial charge is 0.373 e. The highest BCUT2D eigenvalue weighted by molar-refractivity contribution is 5.93. The third-order valence-corrected chi connectivity index (χ3v) is 2.98. The number of nitrogens with two attached hydrogens (primary N) is 1. The van der Waals surface area contributed by atoms with E-state index in [-0.39, 0.29) is 12.0 Å². The zero-order valence-corrected chi connectivity index (χ0v) is 10.0. The van der Waals surface area contributed by atoms with E-state index in [9.17, 15) is 4.79 Å².